The molecule has 0 aromatic heterocycles. The zero-order valence-corrected chi connectivity index (χ0v) is 12.8. The Bertz CT molecular complexity index is 264. The van der Waals surface area contributed by atoms with Crippen LogP contribution in [0.1, 0.15) is 79.6 Å². The van der Waals surface area contributed by atoms with Gasteiger partial charge in [-0.2, -0.15) is 0 Å². The molecule has 0 atom stereocenters. The van der Waals surface area contributed by atoms with E-state index in [1.54, 1.807) is 0 Å². The van der Waals surface area contributed by atoms with Gasteiger partial charge in [-0.3, -0.25) is 0 Å². The third kappa shape index (κ3) is 8.32. The van der Waals surface area contributed by atoms with Gasteiger partial charge in [-0.15, -0.1) is 0 Å². The second-order valence-electron chi connectivity index (χ2n) is 5.61. The Hall–Kier alpha value is -0.790. The predicted octanol–water partition coefficient (Wildman–Crippen LogP) is 5.03. The van der Waals surface area contributed by atoms with Gasteiger partial charge in [0.2, 0.25) is 0 Å². The second-order valence-corrected chi connectivity index (χ2v) is 5.61. The van der Waals surface area contributed by atoms with E-state index in [1.807, 2.05) is 33.8 Å². The summed E-state index contributed by atoms with van der Waals surface area (Å²) in [4.78, 5) is 11.8. The lowest BCUT2D eigenvalue weighted by molar-refractivity contribution is -0.152. The van der Waals surface area contributed by atoms with Crippen LogP contribution >= 0.6 is 0 Å². The highest BCUT2D eigenvalue weighted by molar-refractivity contribution is 5.87. The first-order valence-corrected chi connectivity index (χ1v) is 7.33. The lowest BCUT2D eigenvalue weighted by Crippen LogP contribution is -2.28. The molecule has 0 rings (SSSR count). The fourth-order valence-electron chi connectivity index (χ4n) is 1.93. The van der Waals surface area contributed by atoms with Gasteiger partial charge in [-0.05, 0) is 40.0 Å². The maximum Gasteiger partial charge on any atom is 0.333 e. The van der Waals surface area contributed by atoms with Crippen molar-refractivity contribution in [2.75, 3.05) is 0 Å². The topological polar surface area (TPSA) is 26.3 Å². The zero-order valence-electron chi connectivity index (χ0n) is 12.8. The minimum Gasteiger partial charge on any atom is -0.456 e. The standard InChI is InChI=1S/C16H30O2/c1-6-8-9-10-11-13-16(4,5)18-15(17)14(3)12-7-2/h12H,6-11,13H2,1-5H3/b14-12+. The van der Waals surface area contributed by atoms with Crippen molar-refractivity contribution >= 4 is 5.97 Å². The summed E-state index contributed by atoms with van der Waals surface area (Å²) in [5.74, 6) is -0.171. The highest BCUT2D eigenvalue weighted by Gasteiger charge is 2.22. The van der Waals surface area contributed by atoms with E-state index in [-0.39, 0.29) is 11.6 Å². The van der Waals surface area contributed by atoms with E-state index in [2.05, 4.69) is 6.92 Å². The first-order valence-electron chi connectivity index (χ1n) is 7.33. The van der Waals surface area contributed by atoms with Crippen LogP contribution in [0.2, 0.25) is 0 Å². The van der Waals surface area contributed by atoms with Crippen molar-refractivity contribution in [2.45, 2.75) is 85.2 Å². The van der Waals surface area contributed by atoms with Crippen molar-refractivity contribution in [1.29, 1.82) is 0 Å². The molecule has 0 N–H and O–H groups in total. The molecule has 0 amide bonds. The van der Waals surface area contributed by atoms with Crippen molar-refractivity contribution < 1.29 is 9.53 Å². The molecule has 0 heterocycles. The van der Waals surface area contributed by atoms with Crippen LogP contribution in [0.3, 0.4) is 0 Å². The van der Waals surface area contributed by atoms with Gasteiger partial charge in [-0.25, -0.2) is 4.79 Å². The van der Waals surface area contributed by atoms with Crippen LogP contribution in [-0.4, -0.2) is 11.6 Å². The van der Waals surface area contributed by atoms with Crippen LogP contribution in [0.5, 0.6) is 0 Å². The summed E-state index contributed by atoms with van der Waals surface area (Å²) in [6, 6.07) is 0. The molecule has 0 unspecified atom stereocenters. The van der Waals surface area contributed by atoms with Gasteiger partial charge in [0.25, 0.3) is 0 Å². The molecule has 0 saturated carbocycles. The second kappa shape index (κ2) is 9.18. The molecule has 2 nitrogen and oxygen atoms in total. The zero-order chi connectivity index (χ0) is 14.0. The lowest BCUT2D eigenvalue weighted by atomic mass is 9.99. The number of carbonyl (C=O) groups excluding carboxylic acids is 1. The van der Waals surface area contributed by atoms with Crippen LogP contribution in [-0.2, 0) is 9.53 Å². The highest BCUT2D eigenvalue weighted by atomic mass is 16.6. The molecule has 0 fully saturated rings. The molecular weight excluding hydrogens is 224 g/mol. The molecule has 0 aliphatic rings. The maximum atomic E-state index is 11.8. The molecule has 0 radical (unpaired) electrons. The molecule has 0 aliphatic heterocycles. The number of carbonyl (C=O) groups is 1. The van der Waals surface area contributed by atoms with Gasteiger partial charge in [0, 0.05) is 5.57 Å². The Morgan fingerprint density at radius 3 is 2.28 bits per heavy atom. The number of allylic oxidation sites excluding steroid dienone is 1. The maximum absolute atomic E-state index is 11.8. The smallest absolute Gasteiger partial charge is 0.333 e. The average Bonchev–Trinajstić information content (AvgIpc) is 2.28. The Kier molecular flexibility index (Phi) is 8.78. The van der Waals surface area contributed by atoms with Gasteiger partial charge < -0.3 is 4.74 Å². The van der Waals surface area contributed by atoms with Crippen LogP contribution in [0.4, 0.5) is 0 Å². The van der Waals surface area contributed by atoms with Crippen LogP contribution in [0, 0.1) is 0 Å². The van der Waals surface area contributed by atoms with E-state index in [9.17, 15) is 4.79 Å². The molecule has 0 spiro atoms. The normalized spacial score (nSPS) is 12.6. The molecule has 2 heteroatoms. The highest BCUT2D eigenvalue weighted by Crippen LogP contribution is 2.20. The largest absolute Gasteiger partial charge is 0.456 e. The van der Waals surface area contributed by atoms with E-state index in [4.69, 9.17) is 4.74 Å². The van der Waals surface area contributed by atoms with Gasteiger partial charge in [0.05, 0.1) is 0 Å². The minimum absolute atomic E-state index is 0.171. The summed E-state index contributed by atoms with van der Waals surface area (Å²) in [5.41, 5.74) is 0.378. The Balaban J connectivity index is 3.99. The fourth-order valence-corrected chi connectivity index (χ4v) is 1.93. The molecular formula is C16H30O2. The summed E-state index contributed by atoms with van der Waals surface area (Å²) in [7, 11) is 0. The molecule has 0 aliphatic carbocycles. The lowest BCUT2D eigenvalue weighted by Gasteiger charge is -2.25. The fraction of sp³-hybridized carbons (Fsp3) is 0.812. The third-order valence-corrected chi connectivity index (χ3v) is 3.08. The summed E-state index contributed by atoms with van der Waals surface area (Å²) in [6.07, 6.45) is 9.96. The first kappa shape index (κ1) is 17.2. The molecule has 0 aromatic rings. The van der Waals surface area contributed by atoms with Gasteiger partial charge in [-0.1, -0.05) is 45.6 Å². The minimum atomic E-state index is -0.341. The van der Waals surface area contributed by atoms with Crippen molar-refractivity contribution in [2.24, 2.45) is 0 Å². The summed E-state index contributed by atoms with van der Waals surface area (Å²) >= 11 is 0. The summed E-state index contributed by atoms with van der Waals surface area (Å²) < 4.78 is 5.55. The molecule has 0 aromatic carbocycles. The number of hydrogen-bond donors (Lipinski definition) is 0. The number of ether oxygens (including phenoxy) is 1. The molecule has 0 bridgehead atoms. The van der Waals surface area contributed by atoms with E-state index in [0.717, 1.165) is 24.8 Å². The molecule has 18 heavy (non-hydrogen) atoms. The molecule has 0 saturated heterocycles. The molecule has 106 valence electrons. The van der Waals surface area contributed by atoms with Crippen molar-refractivity contribution in [3.8, 4) is 0 Å². The average molecular weight is 254 g/mol. The van der Waals surface area contributed by atoms with E-state index < -0.39 is 0 Å². The van der Waals surface area contributed by atoms with Crippen LogP contribution in [0.25, 0.3) is 0 Å². The van der Waals surface area contributed by atoms with Crippen molar-refractivity contribution in [3.63, 3.8) is 0 Å². The van der Waals surface area contributed by atoms with E-state index >= 15 is 0 Å². The van der Waals surface area contributed by atoms with Gasteiger partial charge >= 0.3 is 5.97 Å². The Morgan fingerprint density at radius 1 is 1.11 bits per heavy atom. The number of esters is 1. The first-order chi connectivity index (χ1) is 8.43. The monoisotopic (exact) mass is 254 g/mol. The summed E-state index contributed by atoms with van der Waals surface area (Å²) in [6.45, 7) is 10.1. The van der Waals surface area contributed by atoms with Crippen LogP contribution < -0.4 is 0 Å². The Labute approximate surface area is 113 Å². The number of rotatable bonds is 9. The van der Waals surface area contributed by atoms with E-state index in [1.165, 1.54) is 25.7 Å². The van der Waals surface area contributed by atoms with E-state index in [0.29, 0.717) is 0 Å². The number of unbranched alkanes of at least 4 members (excludes halogenated alkanes) is 4. The van der Waals surface area contributed by atoms with Crippen LogP contribution in [0.15, 0.2) is 11.6 Å². The Morgan fingerprint density at radius 2 is 1.72 bits per heavy atom. The third-order valence-electron chi connectivity index (χ3n) is 3.08. The predicted molar refractivity (Wildman–Crippen MR) is 77.6 cm³/mol. The van der Waals surface area contributed by atoms with Crippen molar-refractivity contribution in [1.82, 2.24) is 0 Å². The van der Waals surface area contributed by atoms with Crippen molar-refractivity contribution in [3.05, 3.63) is 11.6 Å². The van der Waals surface area contributed by atoms with Gasteiger partial charge in [0.1, 0.15) is 5.60 Å². The quantitative estimate of drug-likeness (QED) is 0.328. The van der Waals surface area contributed by atoms with Gasteiger partial charge in [0.15, 0.2) is 0 Å². The summed E-state index contributed by atoms with van der Waals surface area (Å²) in [5, 5.41) is 0. The number of hydrogen-bond acceptors (Lipinski definition) is 2. The SMILES string of the molecule is CC/C=C(\C)C(=O)OC(C)(C)CCCCCCC.